The number of hydrogen-bond acceptors (Lipinski definition) is 6. The van der Waals surface area contributed by atoms with Crippen molar-refractivity contribution in [1.29, 1.82) is 0 Å². The predicted molar refractivity (Wildman–Crippen MR) is 60.3 cm³/mol. The summed E-state index contributed by atoms with van der Waals surface area (Å²) in [7, 11) is 1.47. The average molecular weight is 239 g/mol. The molecule has 0 aromatic carbocycles. The van der Waals surface area contributed by atoms with Crippen molar-refractivity contribution < 1.29 is 14.4 Å². The van der Waals surface area contributed by atoms with Crippen LogP contribution in [0.1, 0.15) is 6.42 Å². The zero-order chi connectivity index (χ0) is 12.3. The van der Waals surface area contributed by atoms with Crippen LogP contribution in [-0.2, 0) is 4.74 Å². The summed E-state index contributed by atoms with van der Waals surface area (Å²) in [6, 6.07) is 2.91. The molecular weight excluding hydrogens is 226 g/mol. The van der Waals surface area contributed by atoms with Crippen molar-refractivity contribution in [3.63, 3.8) is 0 Å². The predicted octanol–water partition coefficient (Wildman–Crippen LogP) is 1.20. The highest BCUT2D eigenvalue weighted by molar-refractivity contribution is 5.57. The topological polar surface area (TPSA) is 86.5 Å². The quantitative estimate of drug-likeness (QED) is 0.627. The molecule has 7 heteroatoms. The van der Waals surface area contributed by atoms with Gasteiger partial charge < -0.3 is 14.8 Å². The van der Waals surface area contributed by atoms with E-state index in [9.17, 15) is 10.1 Å². The maximum absolute atomic E-state index is 10.8. The number of methoxy groups -OCH3 is 1. The molecule has 1 aliphatic heterocycles. The molecule has 0 aliphatic carbocycles. The van der Waals surface area contributed by atoms with Crippen molar-refractivity contribution in [3.8, 4) is 5.88 Å². The molecule has 0 amide bonds. The van der Waals surface area contributed by atoms with E-state index in [2.05, 4.69) is 10.3 Å². The number of nitrogens with one attached hydrogen (secondary N) is 1. The summed E-state index contributed by atoms with van der Waals surface area (Å²) in [5, 5.41) is 13.9. The Balaban J connectivity index is 2.24. The molecule has 0 saturated carbocycles. The zero-order valence-corrected chi connectivity index (χ0v) is 9.38. The van der Waals surface area contributed by atoms with Crippen LogP contribution in [0, 0.1) is 10.1 Å². The van der Waals surface area contributed by atoms with Gasteiger partial charge in [0.1, 0.15) is 0 Å². The maximum atomic E-state index is 10.8. The molecule has 7 nitrogen and oxygen atoms in total. The van der Waals surface area contributed by atoms with Gasteiger partial charge in [0.2, 0.25) is 11.7 Å². The Kier molecular flexibility index (Phi) is 3.38. The zero-order valence-electron chi connectivity index (χ0n) is 9.38. The number of hydrogen-bond donors (Lipinski definition) is 1. The lowest BCUT2D eigenvalue weighted by Gasteiger charge is -2.11. The second-order valence-electron chi connectivity index (χ2n) is 3.68. The third kappa shape index (κ3) is 2.62. The first-order valence-corrected chi connectivity index (χ1v) is 5.24. The summed E-state index contributed by atoms with van der Waals surface area (Å²) < 4.78 is 10.1. The monoisotopic (exact) mass is 239 g/mol. The molecule has 1 aliphatic rings. The highest BCUT2D eigenvalue weighted by Gasteiger charge is 2.22. The Morgan fingerprint density at radius 1 is 1.65 bits per heavy atom. The average Bonchev–Trinajstić information content (AvgIpc) is 2.81. The van der Waals surface area contributed by atoms with E-state index < -0.39 is 4.92 Å². The van der Waals surface area contributed by atoms with Crippen molar-refractivity contribution >= 4 is 11.5 Å². The van der Waals surface area contributed by atoms with E-state index in [1.165, 1.54) is 19.2 Å². The summed E-state index contributed by atoms with van der Waals surface area (Å²) in [6.45, 7) is 1.20. The first-order chi connectivity index (χ1) is 8.20. The summed E-state index contributed by atoms with van der Waals surface area (Å²) in [4.78, 5) is 14.4. The fourth-order valence-electron chi connectivity index (χ4n) is 1.64. The van der Waals surface area contributed by atoms with Crippen molar-refractivity contribution in [2.24, 2.45) is 0 Å². The lowest BCUT2D eigenvalue weighted by molar-refractivity contribution is -0.384. The van der Waals surface area contributed by atoms with Crippen LogP contribution in [0.2, 0.25) is 0 Å². The normalized spacial score (nSPS) is 19.0. The highest BCUT2D eigenvalue weighted by Crippen LogP contribution is 2.26. The second kappa shape index (κ2) is 4.96. The van der Waals surface area contributed by atoms with Gasteiger partial charge >= 0.3 is 5.69 Å². The first-order valence-electron chi connectivity index (χ1n) is 5.24. The van der Waals surface area contributed by atoms with Gasteiger partial charge in [0.25, 0.3) is 0 Å². The molecule has 2 heterocycles. The van der Waals surface area contributed by atoms with Crippen molar-refractivity contribution in [2.45, 2.75) is 12.5 Å². The van der Waals surface area contributed by atoms with E-state index in [4.69, 9.17) is 9.47 Å². The molecule has 0 radical (unpaired) electrons. The van der Waals surface area contributed by atoms with E-state index in [-0.39, 0.29) is 17.5 Å². The number of pyridine rings is 1. The van der Waals surface area contributed by atoms with Crippen LogP contribution in [0.3, 0.4) is 0 Å². The standard InChI is InChI=1S/C10H13N3O4/c1-16-9-3-2-8(13(14)15)10(12-9)11-7-4-5-17-6-7/h2-3,7H,4-6H2,1H3,(H,11,12). The van der Waals surface area contributed by atoms with E-state index in [1.54, 1.807) is 0 Å². The molecule has 1 N–H and O–H groups in total. The number of anilines is 1. The van der Waals surface area contributed by atoms with Crippen LogP contribution in [0.25, 0.3) is 0 Å². The SMILES string of the molecule is COc1ccc([N+](=O)[O-])c(NC2CCOC2)n1. The Morgan fingerprint density at radius 3 is 3.06 bits per heavy atom. The molecule has 0 spiro atoms. The van der Waals surface area contributed by atoms with Crippen LogP contribution in [-0.4, -0.2) is 36.3 Å². The van der Waals surface area contributed by atoms with Crippen LogP contribution >= 0.6 is 0 Å². The molecular formula is C10H13N3O4. The number of nitro groups is 1. The van der Waals surface area contributed by atoms with E-state index in [0.29, 0.717) is 19.1 Å². The van der Waals surface area contributed by atoms with Gasteiger partial charge in [-0.25, -0.2) is 0 Å². The maximum Gasteiger partial charge on any atom is 0.311 e. The molecule has 1 fully saturated rings. The van der Waals surface area contributed by atoms with Crippen molar-refractivity contribution in [2.75, 3.05) is 25.6 Å². The van der Waals surface area contributed by atoms with Gasteiger partial charge in [-0.2, -0.15) is 4.98 Å². The van der Waals surface area contributed by atoms with Crippen molar-refractivity contribution in [3.05, 3.63) is 22.2 Å². The Morgan fingerprint density at radius 2 is 2.47 bits per heavy atom. The molecule has 1 aromatic heterocycles. The van der Waals surface area contributed by atoms with Gasteiger partial charge in [-0.05, 0) is 6.42 Å². The minimum absolute atomic E-state index is 0.0577. The molecule has 0 bridgehead atoms. The first kappa shape index (κ1) is 11.6. The molecule has 1 unspecified atom stereocenters. The van der Waals surface area contributed by atoms with Gasteiger partial charge in [0.15, 0.2) is 0 Å². The van der Waals surface area contributed by atoms with Crippen molar-refractivity contribution in [1.82, 2.24) is 4.98 Å². The van der Waals surface area contributed by atoms with Gasteiger partial charge in [-0.3, -0.25) is 10.1 Å². The number of rotatable bonds is 4. The number of aromatic nitrogens is 1. The Bertz CT molecular complexity index is 418. The fraction of sp³-hybridized carbons (Fsp3) is 0.500. The highest BCUT2D eigenvalue weighted by atomic mass is 16.6. The lowest BCUT2D eigenvalue weighted by Crippen LogP contribution is -2.20. The summed E-state index contributed by atoms with van der Waals surface area (Å²) in [5.74, 6) is 0.571. The molecule has 92 valence electrons. The van der Waals surface area contributed by atoms with Crippen LogP contribution in [0.4, 0.5) is 11.5 Å². The van der Waals surface area contributed by atoms with E-state index in [0.717, 1.165) is 6.42 Å². The third-order valence-electron chi connectivity index (χ3n) is 2.52. The molecule has 1 aromatic rings. The van der Waals surface area contributed by atoms with Gasteiger partial charge in [0, 0.05) is 18.7 Å². The lowest BCUT2D eigenvalue weighted by atomic mass is 10.2. The minimum Gasteiger partial charge on any atom is -0.481 e. The van der Waals surface area contributed by atoms with E-state index >= 15 is 0 Å². The molecule has 1 saturated heterocycles. The van der Waals surface area contributed by atoms with Gasteiger partial charge in [0.05, 0.1) is 24.7 Å². The van der Waals surface area contributed by atoms with Crippen LogP contribution in [0.5, 0.6) is 5.88 Å². The number of nitrogens with zero attached hydrogens (tertiary/aromatic N) is 2. The third-order valence-corrected chi connectivity index (χ3v) is 2.52. The molecule has 2 rings (SSSR count). The van der Waals surface area contributed by atoms with Crippen LogP contribution < -0.4 is 10.1 Å². The molecule has 17 heavy (non-hydrogen) atoms. The molecule has 1 atom stereocenters. The number of ether oxygens (including phenoxy) is 2. The van der Waals surface area contributed by atoms with Gasteiger partial charge in [-0.15, -0.1) is 0 Å². The second-order valence-corrected chi connectivity index (χ2v) is 3.68. The summed E-state index contributed by atoms with van der Waals surface area (Å²) >= 11 is 0. The smallest absolute Gasteiger partial charge is 0.311 e. The Hall–Kier alpha value is -1.89. The minimum atomic E-state index is -0.468. The van der Waals surface area contributed by atoms with Crippen LogP contribution in [0.15, 0.2) is 12.1 Å². The fourth-order valence-corrected chi connectivity index (χ4v) is 1.64. The largest absolute Gasteiger partial charge is 0.481 e. The summed E-state index contributed by atoms with van der Waals surface area (Å²) in [5.41, 5.74) is -0.0577. The Labute approximate surface area is 97.9 Å². The van der Waals surface area contributed by atoms with E-state index in [1.807, 2.05) is 0 Å². The van der Waals surface area contributed by atoms with Gasteiger partial charge in [-0.1, -0.05) is 0 Å². The summed E-state index contributed by atoms with van der Waals surface area (Å²) in [6.07, 6.45) is 0.816.